The molecule has 1 atom stereocenters. The minimum absolute atomic E-state index is 0.137. The second-order valence-electron chi connectivity index (χ2n) is 4.00. The van der Waals surface area contributed by atoms with Gasteiger partial charge >= 0.3 is 6.03 Å². The molecule has 0 aliphatic carbocycles. The number of likely N-dealkylation sites (N-methyl/N-ethyl adjacent to an activating group) is 1. The number of hydrogen-bond acceptors (Lipinski definition) is 3. The second kappa shape index (κ2) is 3.40. The van der Waals surface area contributed by atoms with E-state index >= 15 is 0 Å². The summed E-state index contributed by atoms with van der Waals surface area (Å²) >= 11 is 0. The van der Waals surface area contributed by atoms with Crippen molar-refractivity contribution in [3.05, 3.63) is 0 Å². The molecular weight excluding hydrogens is 182 g/mol. The number of urea groups is 1. The standard InChI is InChI=1S/C9H17N3O2/c1-2-12-7(13)9(11-8(12)14)3-5-10-6-4-9/h7,10,13H,2-6H2,1H3,(H,11,14). The van der Waals surface area contributed by atoms with E-state index in [1.165, 1.54) is 4.90 Å². The molecule has 0 radical (unpaired) electrons. The minimum Gasteiger partial charge on any atom is -0.371 e. The molecule has 2 amide bonds. The first-order valence-electron chi connectivity index (χ1n) is 5.17. The monoisotopic (exact) mass is 199 g/mol. The lowest BCUT2D eigenvalue weighted by Gasteiger charge is -2.36. The highest BCUT2D eigenvalue weighted by molar-refractivity contribution is 5.78. The molecule has 2 rings (SSSR count). The van der Waals surface area contributed by atoms with E-state index in [0.29, 0.717) is 6.54 Å². The number of aliphatic hydroxyl groups excluding tert-OH is 1. The number of piperidine rings is 1. The fourth-order valence-corrected chi connectivity index (χ4v) is 2.33. The topological polar surface area (TPSA) is 64.6 Å². The van der Waals surface area contributed by atoms with Crippen LogP contribution in [0.15, 0.2) is 0 Å². The van der Waals surface area contributed by atoms with Crippen molar-refractivity contribution >= 4 is 6.03 Å². The van der Waals surface area contributed by atoms with Gasteiger partial charge in [-0.15, -0.1) is 0 Å². The summed E-state index contributed by atoms with van der Waals surface area (Å²) in [5.74, 6) is 0. The fourth-order valence-electron chi connectivity index (χ4n) is 2.33. The maximum absolute atomic E-state index is 11.5. The minimum atomic E-state index is -0.665. The van der Waals surface area contributed by atoms with Crippen LogP contribution in [0.5, 0.6) is 0 Å². The van der Waals surface area contributed by atoms with E-state index in [4.69, 9.17) is 0 Å². The summed E-state index contributed by atoms with van der Waals surface area (Å²) in [6, 6.07) is -0.137. The van der Waals surface area contributed by atoms with E-state index in [9.17, 15) is 9.90 Å². The lowest BCUT2D eigenvalue weighted by molar-refractivity contribution is -0.00781. The van der Waals surface area contributed by atoms with Gasteiger partial charge in [0.1, 0.15) is 0 Å². The second-order valence-corrected chi connectivity index (χ2v) is 4.00. The first-order chi connectivity index (χ1) is 6.69. The highest BCUT2D eigenvalue weighted by Gasteiger charge is 2.50. The molecule has 80 valence electrons. The predicted molar refractivity (Wildman–Crippen MR) is 51.8 cm³/mol. The number of amides is 2. The van der Waals surface area contributed by atoms with Gasteiger partial charge in [-0.25, -0.2) is 4.79 Å². The average molecular weight is 199 g/mol. The third kappa shape index (κ3) is 1.27. The lowest BCUT2D eigenvalue weighted by Crippen LogP contribution is -2.56. The van der Waals surface area contributed by atoms with Crippen molar-refractivity contribution < 1.29 is 9.90 Å². The molecular formula is C9H17N3O2. The zero-order valence-corrected chi connectivity index (χ0v) is 8.42. The molecule has 2 aliphatic heterocycles. The Labute approximate surface area is 83.5 Å². The number of nitrogens with one attached hydrogen (secondary N) is 2. The van der Waals surface area contributed by atoms with Crippen molar-refractivity contribution in [2.45, 2.75) is 31.5 Å². The maximum atomic E-state index is 11.5. The SMILES string of the molecule is CCN1C(=O)NC2(CCNCC2)C1O. The zero-order valence-electron chi connectivity index (χ0n) is 8.42. The van der Waals surface area contributed by atoms with Crippen molar-refractivity contribution in [3.63, 3.8) is 0 Å². The van der Waals surface area contributed by atoms with Gasteiger partial charge < -0.3 is 15.7 Å². The smallest absolute Gasteiger partial charge is 0.320 e. The van der Waals surface area contributed by atoms with Crippen LogP contribution in [-0.4, -0.2) is 47.4 Å². The summed E-state index contributed by atoms with van der Waals surface area (Å²) < 4.78 is 0. The number of hydrogen-bond donors (Lipinski definition) is 3. The van der Waals surface area contributed by atoms with Crippen LogP contribution in [0.2, 0.25) is 0 Å². The molecule has 5 nitrogen and oxygen atoms in total. The van der Waals surface area contributed by atoms with E-state index in [-0.39, 0.29) is 6.03 Å². The molecule has 2 fully saturated rings. The van der Waals surface area contributed by atoms with Gasteiger partial charge in [-0.05, 0) is 32.9 Å². The summed E-state index contributed by atoms with van der Waals surface area (Å²) in [7, 11) is 0. The molecule has 0 aromatic rings. The van der Waals surface area contributed by atoms with Gasteiger partial charge in [0.25, 0.3) is 0 Å². The van der Waals surface area contributed by atoms with Crippen molar-refractivity contribution in [3.8, 4) is 0 Å². The molecule has 0 saturated carbocycles. The highest BCUT2D eigenvalue weighted by Crippen LogP contribution is 2.29. The molecule has 2 aliphatic rings. The first-order valence-corrected chi connectivity index (χ1v) is 5.17. The fraction of sp³-hybridized carbons (Fsp3) is 0.889. The third-order valence-corrected chi connectivity index (χ3v) is 3.24. The Morgan fingerprint density at radius 3 is 2.71 bits per heavy atom. The van der Waals surface area contributed by atoms with Crippen molar-refractivity contribution in [1.82, 2.24) is 15.5 Å². The van der Waals surface area contributed by atoms with Crippen LogP contribution in [-0.2, 0) is 0 Å². The molecule has 5 heteroatoms. The average Bonchev–Trinajstić information content (AvgIpc) is 2.40. The number of rotatable bonds is 1. The molecule has 2 heterocycles. The van der Waals surface area contributed by atoms with Crippen LogP contribution in [0.3, 0.4) is 0 Å². The van der Waals surface area contributed by atoms with Crippen LogP contribution in [0.4, 0.5) is 4.79 Å². The molecule has 0 bridgehead atoms. The molecule has 1 unspecified atom stereocenters. The number of carbonyl (C=O) groups is 1. The number of nitrogens with zero attached hydrogens (tertiary/aromatic N) is 1. The van der Waals surface area contributed by atoms with E-state index in [2.05, 4.69) is 10.6 Å². The summed E-state index contributed by atoms with van der Waals surface area (Å²) in [4.78, 5) is 13.0. The van der Waals surface area contributed by atoms with Crippen LogP contribution in [0.1, 0.15) is 19.8 Å². The Balaban J connectivity index is 2.17. The van der Waals surface area contributed by atoms with E-state index < -0.39 is 11.8 Å². The normalized spacial score (nSPS) is 30.9. The van der Waals surface area contributed by atoms with Crippen molar-refractivity contribution in [2.24, 2.45) is 0 Å². The third-order valence-electron chi connectivity index (χ3n) is 3.24. The van der Waals surface area contributed by atoms with E-state index in [1.807, 2.05) is 6.92 Å². The van der Waals surface area contributed by atoms with E-state index in [0.717, 1.165) is 25.9 Å². The van der Waals surface area contributed by atoms with Gasteiger partial charge in [0.05, 0.1) is 5.54 Å². The number of aliphatic hydroxyl groups is 1. The molecule has 14 heavy (non-hydrogen) atoms. The zero-order chi connectivity index (χ0) is 10.2. The van der Waals surface area contributed by atoms with Crippen LogP contribution < -0.4 is 10.6 Å². The Kier molecular flexibility index (Phi) is 2.36. The quantitative estimate of drug-likeness (QED) is 0.532. The van der Waals surface area contributed by atoms with Gasteiger partial charge in [-0.1, -0.05) is 0 Å². The Bertz CT molecular complexity index is 238. The molecule has 2 saturated heterocycles. The first kappa shape index (κ1) is 9.73. The Hall–Kier alpha value is -0.810. The van der Waals surface area contributed by atoms with Gasteiger partial charge in [0.15, 0.2) is 6.23 Å². The Morgan fingerprint density at radius 2 is 2.21 bits per heavy atom. The van der Waals surface area contributed by atoms with Crippen LogP contribution in [0, 0.1) is 0 Å². The maximum Gasteiger partial charge on any atom is 0.320 e. The summed E-state index contributed by atoms with van der Waals surface area (Å²) in [5, 5.41) is 16.2. The molecule has 0 aromatic carbocycles. The molecule has 0 aromatic heterocycles. The van der Waals surface area contributed by atoms with E-state index in [1.54, 1.807) is 0 Å². The predicted octanol–water partition coefficient (Wildman–Crippen LogP) is -0.528. The summed E-state index contributed by atoms with van der Waals surface area (Å²) in [6.07, 6.45) is 0.939. The largest absolute Gasteiger partial charge is 0.371 e. The van der Waals surface area contributed by atoms with Gasteiger partial charge in [0.2, 0.25) is 0 Å². The number of carbonyl (C=O) groups excluding carboxylic acids is 1. The van der Waals surface area contributed by atoms with Crippen molar-refractivity contribution in [2.75, 3.05) is 19.6 Å². The van der Waals surface area contributed by atoms with Crippen LogP contribution >= 0.6 is 0 Å². The highest BCUT2D eigenvalue weighted by atomic mass is 16.3. The Morgan fingerprint density at radius 1 is 1.57 bits per heavy atom. The van der Waals surface area contributed by atoms with Crippen molar-refractivity contribution in [1.29, 1.82) is 0 Å². The summed E-state index contributed by atoms with van der Waals surface area (Å²) in [6.45, 7) is 4.15. The van der Waals surface area contributed by atoms with Gasteiger partial charge in [-0.3, -0.25) is 4.90 Å². The lowest BCUT2D eigenvalue weighted by atomic mass is 9.87. The summed E-state index contributed by atoms with van der Waals surface area (Å²) in [5.41, 5.74) is -0.404. The molecule has 3 N–H and O–H groups in total. The molecule has 1 spiro atoms. The van der Waals surface area contributed by atoms with Crippen LogP contribution in [0.25, 0.3) is 0 Å². The van der Waals surface area contributed by atoms with Gasteiger partial charge in [-0.2, -0.15) is 0 Å². The van der Waals surface area contributed by atoms with Gasteiger partial charge in [0, 0.05) is 6.54 Å².